The zero-order valence-electron chi connectivity index (χ0n) is 12.8. The molecule has 0 saturated carbocycles. The average molecular weight is 300 g/mol. The highest BCUT2D eigenvalue weighted by Crippen LogP contribution is 2.25. The molecule has 2 rings (SSSR count). The van der Waals surface area contributed by atoms with Crippen LogP contribution in [0, 0.1) is 0 Å². The summed E-state index contributed by atoms with van der Waals surface area (Å²) in [5, 5.41) is 0. The van der Waals surface area contributed by atoms with Gasteiger partial charge in [-0.2, -0.15) is 11.8 Å². The van der Waals surface area contributed by atoms with Gasteiger partial charge < -0.3 is 15.4 Å². The van der Waals surface area contributed by atoms with Crippen molar-refractivity contribution in [3.05, 3.63) is 0 Å². The van der Waals surface area contributed by atoms with Crippen molar-refractivity contribution in [3.8, 4) is 0 Å². The molecule has 1 amide bonds. The highest BCUT2D eigenvalue weighted by atomic mass is 32.2. The predicted molar refractivity (Wildman–Crippen MR) is 83.9 cm³/mol. The van der Waals surface area contributed by atoms with Crippen LogP contribution in [-0.4, -0.2) is 53.1 Å². The molecular formula is C15H28N2O2S. The lowest BCUT2D eigenvalue weighted by Crippen LogP contribution is -2.45. The number of hydrogen-bond donors (Lipinski definition) is 1. The maximum absolute atomic E-state index is 12.6. The molecule has 2 saturated heterocycles. The zero-order valence-corrected chi connectivity index (χ0v) is 13.6. The van der Waals surface area contributed by atoms with Crippen molar-refractivity contribution in [1.29, 1.82) is 0 Å². The summed E-state index contributed by atoms with van der Waals surface area (Å²) in [6.07, 6.45) is 4.88. The fourth-order valence-corrected chi connectivity index (χ4v) is 4.03. The fraction of sp³-hybridized carbons (Fsp3) is 0.933. The summed E-state index contributed by atoms with van der Waals surface area (Å²) >= 11 is 1.95. The molecule has 0 spiro atoms. The number of ether oxygens (including phenoxy) is 1. The summed E-state index contributed by atoms with van der Waals surface area (Å²) in [4.78, 5) is 14.7. The molecule has 5 heteroatoms. The number of thioether (sulfide) groups is 1. The Morgan fingerprint density at radius 3 is 2.80 bits per heavy atom. The van der Waals surface area contributed by atoms with Gasteiger partial charge in [-0.05, 0) is 45.3 Å². The number of carbonyl (C=O) groups is 1. The van der Waals surface area contributed by atoms with Crippen LogP contribution in [0.4, 0.5) is 0 Å². The van der Waals surface area contributed by atoms with Crippen LogP contribution in [0.5, 0.6) is 0 Å². The van der Waals surface area contributed by atoms with Gasteiger partial charge in [0.05, 0.1) is 6.10 Å². The Morgan fingerprint density at radius 1 is 1.45 bits per heavy atom. The predicted octanol–water partition coefficient (Wildman–Crippen LogP) is 2.02. The molecule has 20 heavy (non-hydrogen) atoms. The number of amides is 1. The van der Waals surface area contributed by atoms with Gasteiger partial charge in [0.15, 0.2) is 0 Å². The molecule has 116 valence electrons. The smallest absolute Gasteiger partial charge is 0.223 e. The van der Waals surface area contributed by atoms with Gasteiger partial charge in [-0.15, -0.1) is 0 Å². The van der Waals surface area contributed by atoms with Crippen LogP contribution >= 0.6 is 11.8 Å². The Balaban J connectivity index is 1.91. The largest absolute Gasteiger partial charge is 0.376 e. The van der Waals surface area contributed by atoms with Gasteiger partial charge in [0.25, 0.3) is 0 Å². The molecule has 0 aromatic rings. The summed E-state index contributed by atoms with van der Waals surface area (Å²) in [5.74, 6) is 2.50. The van der Waals surface area contributed by atoms with E-state index >= 15 is 0 Å². The second-order valence-corrected chi connectivity index (χ2v) is 7.84. The van der Waals surface area contributed by atoms with Crippen LogP contribution in [0.15, 0.2) is 0 Å². The minimum Gasteiger partial charge on any atom is -0.376 e. The maximum Gasteiger partial charge on any atom is 0.223 e. The van der Waals surface area contributed by atoms with Crippen molar-refractivity contribution in [2.75, 3.05) is 24.7 Å². The van der Waals surface area contributed by atoms with Gasteiger partial charge in [-0.1, -0.05) is 0 Å². The van der Waals surface area contributed by atoms with Crippen molar-refractivity contribution in [1.82, 2.24) is 4.90 Å². The van der Waals surface area contributed by atoms with Crippen molar-refractivity contribution in [3.63, 3.8) is 0 Å². The fourth-order valence-electron chi connectivity index (χ4n) is 2.80. The number of nitrogens with two attached hydrogens (primary N) is 1. The lowest BCUT2D eigenvalue weighted by atomic mass is 9.99. The number of carbonyl (C=O) groups excluding carboxylic acids is 1. The molecule has 2 atom stereocenters. The van der Waals surface area contributed by atoms with Gasteiger partial charge >= 0.3 is 0 Å². The topological polar surface area (TPSA) is 55.6 Å². The van der Waals surface area contributed by atoms with E-state index in [0.717, 1.165) is 44.6 Å². The lowest BCUT2D eigenvalue weighted by molar-refractivity contribution is -0.135. The van der Waals surface area contributed by atoms with Crippen molar-refractivity contribution >= 4 is 17.7 Å². The molecule has 4 nitrogen and oxygen atoms in total. The summed E-state index contributed by atoms with van der Waals surface area (Å²) in [6.45, 7) is 5.59. The van der Waals surface area contributed by atoms with E-state index in [-0.39, 0.29) is 17.6 Å². The first kappa shape index (κ1) is 16.1. The minimum atomic E-state index is -0.268. The van der Waals surface area contributed by atoms with E-state index in [2.05, 4.69) is 4.90 Å². The average Bonchev–Trinajstić information content (AvgIpc) is 3.04. The van der Waals surface area contributed by atoms with Crippen LogP contribution < -0.4 is 5.73 Å². The van der Waals surface area contributed by atoms with E-state index in [4.69, 9.17) is 10.5 Å². The molecule has 0 aromatic carbocycles. The molecule has 2 unspecified atom stereocenters. The van der Waals surface area contributed by atoms with Crippen LogP contribution in [0.3, 0.4) is 0 Å². The highest BCUT2D eigenvalue weighted by molar-refractivity contribution is 7.99. The van der Waals surface area contributed by atoms with Crippen molar-refractivity contribution in [2.24, 2.45) is 5.73 Å². The van der Waals surface area contributed by atoms with Gasteiger partial charge in [0.1, 0.15) is 0 Å². The highest BCUT2D eigenvalue weighted by Gasteiger charge is 2.30. The van der Waals surface area contributed by atoms with Gasteiger partial charge in [0.2, 0.25) is 5.91 Å². The lowest BCUT2D eigenvalue weighted by Gasteiger charge is -2.31. The SMILES string of the molecule is CC(C)(N)CCC(=O)N(CC1CCCO1)C1CCSC1. The van der Waals surface area contributed by atoms with Crippen LogP contribution in [-0.2, 0) is 9.53 Å². The second kappa shape index (κ2) is 7.14. The Labute approximate surface area is 126 Å². The summed E-state index contributed by atoms with van der Waals surface area (Å²) in [6, 6.07) is 0.401. The first-order valence-corrected chi connectivity index (χ1v) is 8.89. The molecule has 2 N–H and O–H groups in total. The maximum atomic E-state index is 12.6. The minimum absolute atomic E-state index is 0.246. The van der Waals surface area contributed by atoms with Gasteiger partial charge in [-0.25, -0.2) is 0 Å². The quantitative estimate of drug-likeness (QED) is 0.815. The summed E-state index contributed by atoms with van der Waals surface area (Å²) in [5.41, 5.74) is 5.73. The third-order valence-electron chi connectivity index (χ3n) is 4.07. The van der Waals surface area contributed by atoms with E-state index in [0.29, 0.717) is 12.5 Å². The summed E-state index contributed by atoms with van der Waals surface area (Å²) < 4.78 is 5.71. The molecule has 2 heterocycles. The third-order valence-corrected chi connectivity index (χ3v) is 5.22. The molecule has 0 aromatic heterocycles. The van der Waals surface area contributed by atoms with Gasteiger partial charge in [-0.3, -0.25) is 4.79 Å². The van der Waals surface area contributed by atoms with Gasteiger partial charge in [0, 0.05) is 36.9 Å². The molecule has 2 aliphatic rings. The number of nitrogens with zero attached hydrogens (tertiary/aromatic N) is 1. The Morgan fingerprint density at radius 2 is 2.25 bits per heavy atom. The zero-order chi connectivity index (χ0) is 14.6. The van der Waals surface area contributed by atoms with E-state index < -0.39 is 0 Å². The molecule has 0 bridgehead atoms. The van der Waals surface area contributed by atoms with E-state index in [9.17, 15) is 4.79 Å². The van der Waals surface area contributed by atoms with Crippen LogP contribution in [0.25, 0.3) is 0 Å². The number of hydrogen-bond acceptors (Lipinski definition) is 4. The molecule has 2 fully saturated rings. The molecule has 2 aliphatic heterocycles. The third kappa shape index (κ3) is 4.93. The van der Waals surface area contributed by atoms with Crippen molar-refractivity contribution in [2.45, 2.75) is 63.6 Å². The van der Waals surface area contributed by atoms with E-state index in [1.165, 1.54) is 5.75 Å². The molecular weight excluding hydrogens is 272 g/mol. The van der Waals surface area contributed by atoms with Crippen molar-refractivity contribution < 1.29 is 9.53 Å². The normalized spacial score (nSPS) is 26.9. The standard InChI is InChI=1S/C15H28N2O2S/c1-15(2,16)7-5-14(18)17(12-6-9-20-11-12)10-13-4-3-8-19-13/h12-13H,3-11,16H2,1-2H3. The first-order valence-electron chi connectivity index (χ1n) is 7.73. The van der Waals surface area contributed by atoms with Crippen LogP contribution in [0.2, 0.25) is 0 Å². The molecule has 0 radical (unpaired) electrons. The first-order chi connectivity index (χ1) is 9.46. The van der Waals surface area contributed by atoms with E-state index in [1.807, 2.05) is 25.6 Å². The summed E-state index contributed by atoms with van der Waals surface area (Å²) in [7, 11) is 0. The Kier molecular flexibility index (Phi) is 5.75. The second-order valence-electron chi connectivity index (χ2n) is 6.69. The molecule has 0 aliphatic carbocycles. The number of rotatable bonds is 6. The van der Waals surface area contributed by atoms with Crippen LogP contribution in [0.1, 0.15) is 46.0 Å². The Bertz CT molecular complexity index is 318. The van der Waals surface area contributed by atoms with E-state index in [1.54, 1.807) is 0 Å². The monoisotopic (exact) mass is 300 g/mol. The Hall–Kier alpha value is -0.260.